The minimum absolute atomic E-state index is 0.0336. The lowest BCUT2D eigenvalue weighted by atomic mass is 10.2. The van der Waals surface area contributed by atoms with Gasteiger partial charge in [0.1, 0.15) is 4.90 Å². The average molecular weight is 432 g/mol. The molecule has 158 valence electrons. The number of benzene rings is 1. The molecule has 11 heteroatoms. The van der Waals surface area contributed by atoms with Gasteiger partial charge in [-0.3, -0.25) is 4.40 Å². The van der Waals surface area contributed by atoms with Gasteiger partial charge in [0.25, 0.3) is 0 Å². The summed E-state index contributed by atoms with van der Waals surface area (Å²) in [5, 5.41) is 8.01. The lowest BCUT2D eigenvalue weighted by Gasteiger charge is -2.15. The van der Waals surface area contributed by atoms with E-state index in [2.05, 4.69) is 19.7 Å². The Bertz CT molecular complexity index is 1200. The number of nitrogens with one attached hydrogen (secondary N) is 1. The number of aromatic nitrogens is 3. The molecular weight excluding hydrogens is 412 g/mol. The van der Waals surface area contributed by atoms with Gasteiger partial charge < -0.3 is 14.2 Å². The van der Waals surface area contributed by atoms with Crippen LogP contribution in [0.5, 0.6) is 11.5 Å². The molecule has 2 heterocycles. The molecule has 0 fully saturated rings. The van der Waals surface area contributed by atoms with Crippen molar-refractivity contribution in [2.24, 2.45) is 0 Å². The zero-order chi connectivity index (χ0) is 21.7. The Balaban J connectivity index is 1.96. The number of hydrogen-bond acceptors (Lipinski definition) is 8. The van der Waals surface area contributed by atoms with E-state index in [1.165, 1.54) is 39.5 Å². The van der Waals surface area contributed by atoms with Gasteiger partial charge in [0.05, 0.1) is 27.9 Å². The number of pyridine rings is 1. The topological polar surface area (TPSA) is 121 Å². The molecule has 0 radical (unpaired) electrons. The van der Waals surface area contributed by atoms with Crippen molar-refractivity contribution in [3.8, 4) is 11.5 Å². The van der Waals surface area contributed by atoms with Crippen LogP contribution in [-0.4, -0.2) is 50.3 Å². The number of carbonyl (C=O) groups excluding carboxylic acids is 1. The molecule has 0 saturated heterocycles. The van der Waals surface area contributed by atoms with E-state index < -0.39 is 16.0 Å². The number of fused-ring (bicyclic) bond motifs is 1. The molecule has 0 aliphatic carbocycles. The summed E-state index contributed by atoms with van der Waals surface area (Å²) < 4.78 is 45.3. The maximum atomic E-state index is 13.0. The Labute approximate surface area is 173 Å². The number of methoxy groups -OCH3 is 3. The molecule has 10 nitrogen and oxygen atoms in total. The Morgan fingerprint density at radius 3 is 2.67 bits per heavy atom. The predicted molar refractivity (Wildman–Crippen MR) is 108 cm³/mol. The molecule has 0 amide bonds. The van der Waals surface area contributed by atoms with Crippen LogP contribution in [0.15, 0.2) is 47.5 Å². The molecule has 2 aromatic heterocycles. The minimum Gasteiger partial charge on any atom is -0.493 e. The molecule has 30 heavy (non-hydrogen) atoms. The number of hydrogen-bond donors (Lipinski definition) is 1. The number of sulfonamides is 1. The molecule has 0 aliphatic rings. The van der Waals surface area contributed by atoms with Crippen LogP contribution in [0.3, 0.4) is 0 Å². The van der Waals surface area contributed by atoms with Gasteiger partial charge in [0.15, 0.2) is 23.0 Å². The van der Waals surface area contributed by atoms with Gasteiger partial charge in [-0.2, -0.15) is 0 Å². The van der Waals surface area contributed by atoms with Gasteiger partial charge >= 0.3 is 5.97 Å². The van der Waals surface area contributed by atoms with E-state index in [9.17, 15) is 13.2 Å². The fourth-order valence-electron chi connectivity index (χ4n) is 2.73. The number of rotatable bonds is 8. The van der Waals surface area contributed by atoms with Crippen LogP contribution in [0.1, 0.15) is 11.4 Å². The quantitative estimate of drug-likeness (QED) is 0.419. The highest BCUT2D eigenvalue weighted by atomic mass is 32.2. The summed E-state index contributed by atoms with van der Waals surface area (Å²) in [6, 6.07) is 8.27. The molecule has 0 unspecified atom stereocenters. The van der Waals surface area contributed by atoms with Gasteiger partial charge in [0, 0.05) is 12.3 Å². The molecular formula is C19H20N4O6S. The van der Waals surface area contributed by atoms with Gasteiger partial charge in [-0.15, -0.1) is 10.2 Å². The van der Waals surface area contributed by atoms with Gasteiger partial charge in [-0.05, 0) is 35.9 Å². The first-order chi connectivity index (χ1) is 14.4. The smallest absolute Gasteiger partial charge is 0.330 e. The molecule has 1 aromatic carbocycles. The fourth-order valence-corrected chi connectivity index (χ4v) is 3.92. The zero-order valence-electron chi connectivity index (χ0n) is 16.5. The van der Waals surface area contributed by atoms with E-state index in [1.807, 2.05) is 6.07 Å². The lowest BCUT2D eigenvalue weighted by Crippen LogP contribution is -2.25. The van der Waals surface area contributed by atoms with Crippen LogP contribution in [0.2, 0.25) is 0 Å². The number of esters is 1. The monoisotopic (exact) mass is 432 g/mol. The highest BCUT2D eigenvalue weighted by Gasteiger charge is 2.24. The van der Waals surface area contributed by atoms with Crippen molar-refractivity contribution in [3.05, 3.63) is 54.0 Å². The molecule has 0 aliphatic heterocycles. The highest BCUT2D eigenvalue weighted by Crippen LogP contribution is 2.36. The van der Waals surface area contributed by atoms with E-state index in [4.69, 9.17) is 9.47 Å². The number of nitrogens with zero attached hydrogens (tertiary/aromatic N) is 3. The summed E-state index contributed by atoms with van der Waals surface area (Å²) in [5.41, 5.74) is 1.01. The van der Waals surface area contributed by atoms with Crippen molar-refractivity contribution in [2.45, 2.75) is 11.4 Å². The normalized spacial score (nSPS) is 11.7. The maximum absolute atomic E-state index is 13.0. The summed E-state index contributed by atoms with van der Waals surface area (Å²) >= 11 is 0. The van der Waals surface area contributed by atoms with Crippen molar-refractivity contribution < 1.29 is 27.4 Å². The van der Waals surface area contributed by atoms with Gasteiger partial charge in [0.2, 0.25) is 10.0 Å². The highest BCUT2D eigenvalue weighted by molar-refractivity contribution is 7.89. The zero-order valence-corrected chi connectivity index (χ0v) is 17.3. The first-order valence-corrected chi connectivity index (χ1v) is 10.2. The van der Waals surface area contributed by atoms with E-state index in [0.29, 0.717) is 17.0 Å². The average Bonchev–Trinajstić information content (AvgIpc) is 3.18. The molecule has 0 spiro atoms. The SMILES string of the molecule is COC(=O)C=Cc1cc(OC)c(OC)c(S(=O)(=O)NCc2nnc3ccccn23)c1. The second-order valence-electron chi connectivity index (χ2n) is 5.98. The third-order valence-electron chi connectivity index (χ3n) is 4.17. The van der Waals surface area contributed by atoms with Gasteiger partial charge in [-0.25, -0.2) is 17.9 Å². The van der Waals surface area contributed by atoms with Crippen LogP contribution >= 0.6 is 0 Å². The Morgan fingerprint density at radius 1 is 1.17 bits per heavy atom. The molecule has 0 bridgehead atoms. The van der Waals surface area contributed by atoms with Crippen molar-refractivity contribution in [1.29, 1.82) is 0 Å². The second-order valence-corrected chi connectivity index (χ2v) is 7.72. The van der Waals surface area contributed by atoms with Crippen molar-refractivity contribution in [2.75, 3.05) is 21.3 Å². The molecule has 3 rings (SSSR count). The largest absolute Gasteiger partial charge is 0.493 e. The summed E-state index contributed by atoms with van der Waals surface area (Å²) in [7, 11) is -0.0610. The number of carbonyl (C=O) groups is 1. The summed E-state index contributed by atoms with van der Waals surface area (Å²) in [5.74, 6) is 0.0667. The second kappa shape index (κ2) is 8.93. The third-order valence-corrected chi connectivity index (χ3v) is 5.58. The van der Waals surface area contributed by atoms with E-state index in [-0.39, 0.29) is 22.9 Å². The molecule has 1 N–H and O–H groups in total. The van der Waals surface area contributed by atoms with Gasteiger partial charge in [-0.1, -0.05) is 6.07 Å². The van der Waals surface area contributed by atoms with Crippen molar-refractivity contribution in [3.63, 3.8) is 0 Å². The number of ether oxygens (including phenoxy) is 3. The molecule has 3 aromatic rings. The summed E-state index contributed by atoms with van der Waals surface area (Å²) in [6.07, 6.45) is 4.33. The third kappa shape index (κ3) is 4.42. The van der Waals surface area contributed by atoms with Crippen LogP contribution < -0.4 is 14.2 Å². The Kier molecular flexibility index (Phi) is 6.33. The first-order valence-electron chi connectivity index (χ1n) is 8.70. The lowest BCUT2D eigenvalue weighted by molar-refractivity contribution is -0.134. The van der Waals surface area contributed by atoms with Crippen LogP contribution in [0.25, 0.3) is 11.7 Å². The van der Waals surface area contributed by atoms with Crippen LogP contribution in [0, 0.1) is 0 Å². The van der Waals surface area contributed by atoms with Crippen LogP contribution in [-0.2, 0) is 26.1 Å². The van der Waals surface area contributed by atoms with E-state index in [0.717, 1.165) is 0 Å². The fraction of sp³-hybridized carbons (Fsp3) is 0.211. The van der Waals surface area contributed by atoms with Crippen LogP contribution in [0.4, 0.5) is 0 Å². The Hall–Kier alpha value is -3.44. The maximum Gasteiger partial charge on any atom is 0.330 e. The minimum atomic E-state index is -4.03. The standard InChI is InChI=1S/C19H20N4O6S/c1-27-14-10-13(7-8-18(24)28-2)11-15(19(14)29-3)30(25,26)20-12-17-22-21-16-6-4-5-9-23(16)17/h4-11,20H,12H2,1-3H3. The Morgan fingerprint density at radius 2 is 1.97 bits per heavy atom. The van der Waals surface area contributed by atoms with E-state index >= 15 is 0 Å². The molecule has 0 saturated carbocycles. The predicted octanol–water partition coefficient (Wildman–Crippen LogP) is 1.41. The molecule has 0 atom stereocenters. The summed E-state index contributed by atoms with van der Waals surface area (Å²) in [4.78, 5) is 11.2. The van der Waals surface area contributed by atoms with E-state index in [1.54, 1.807) is 28.8 Å². The summed E-state index contributed by atoms with van der Waals surface area (Å²) in [6.45, 7) is -0.0960. The first kappa shape index (κ1) is 21.3. The van der Waals surface area contributed by atoms with Crippen molar-refractivity contribution >= 4 is 27.7 Å². The van der Waals surface area contributed by atoms with Crippen molar-refractivity contribution in [1.82, 2.24) is 19.3 Å².